The predicted molar refractivity (Wildman–Crippen MR) is 72.0 cm³/mol. The van der Waals surface area contributed by atoms with Crippen LogP contribution in [0.2, 0.25) is 0 Å². The number of nitro groups is 1. The lowest BCUT2D eigenvalue weighted by molar-refractivity contribution is -0.384. The Morgan fingerprint density at radius 2 is 2.28 bits per heavy atom. The number of carbonyl (C=O) groups excluding carboxylic acids is 1. The zero-order chi connectivity index (χ0) is 13.7. The SMILES string of the molecule is CC(C)CC(Br)CNC(=O)c1cc([N+](=O)[O-])c[nH]1. The van der Waals surface area contributed by atoms with Crippen molar-refractivity contribution in [2.75, 3.05) is 6.54 Å². The van der Waals surface area contributed by atoms with E-state index in [9.17, 15) is 14.9 Å². The van der Waals surface area contributed by atoms with E-state index in [0.717, 1.165) is 6.42 Å². The van der Waals surface area contributed by atoms with Gasteiger partial charge in [0.2, 0.25) is 0 Å². The molecule has 0 aromatic carbocycles. The highest BCUT2D eigenvalue weighted by molar-refractivity contribution is 9.09. The molecule has 1 atom stereocenters. The van der Waals surface area contributed by atoms with Crippen LogP contribution in [0.3, 0.4) is 0 Å². The number of rotatable bonds is 6. The molecule has 0 fully saturated rings. The number of nitrogens with one attached hydrogen (secondary N) is 2. The van der Waals surface area contributed by atoms with E-state index >= 15 is 0 Å². The first-order chi connectivity index (χ1) is 8.40. The quantitative estimate of drug-likeness (QED) is 0.480. The van der Waals surface area contributed by atoms with Gasteiger partial charge in [0, 0.05) is 17.4 Å². The van der Waals surface area contributed by atoms with Crippen molar-refractivity contribution in [1.29, 1.82) is 0 Å². The van der Waals surface area contributed by atoms with Crippen LogP contribution in [0.15, 0.2) is 12.3 Å². The first kappa shape index (κ1) is 14.7. The van der Waals surface area contributed by atoms with Gasteiger partial charge in [0.1, 0.15) is 5.69 Å². The number of alkyl halides is 1. The molecule has 0 aliphatic rings. The summed E-state index contributed by atoms with van der Waals surface area (Å²) in [6, 6.07) is 1.22. The van der Waals surface area contributed by atoms with E-state index in [4.69, 9.17) is 0 Å². The maximum atomic E-state index is 11.7. The Labute approximate surface area is 113 Å². The van der Waals surface area contributed by atoms with Crippen molar-refractivity contribution >= 4 is 27.5 Å². The summed E-state index contributed by atoms with van der Waals surface area (Å²) in [5.74, 6) is 0.203. The highest BCUT2D eigenvalue weighted by atomic mass is 79.9. The third-order valence-corrected chi connectivity index (χ3v) is 3.03. The van der Waals surface area contributed by atoms with Crippen LogP contribution in [0.25, 0.3) is 0 Å². The second-order valence-electron chi connectivity index (χ2n) is 4.47. The molecule has 7 heteroatoms. The van der Waals surface area contributed by atoms with E-state index in [1.807, 2.05) is 0 Å². The van der Waals surface area contributed by atoms with Crippen LogP contribution in [0.5, 0.6) is 0 Å². The molecule has 0 saturated heterocycles. The average Bonchev–Trinajstić information content (AvgIpc) is 2.74. The molecule has 0 spiro atoms. The lowest BCUT2D eigenvalue weighted by Crippen LogP contribution is -2.30. The summed E-state index contributed by atoms with van der Waals surface area (Å²) in [5.41, 5.74) is 0.0867. The van der Waals surface area contributed by atoms with Gasteiger partial charge in [-0.3, -0.25) is 14.9 Å². The van der Waals surface area contributed by atoms with Gasteiger partial charge in [0.25, 0.3) is 11.6 Å². The van der Waals surface area contributed by atoms with Crippen LogP contribution >= 0.6 is 15.9 Å². The zero-order valence-electron chi connectivity index (χ0n) is 10.3. The van der Waals surface area contributed by atoms with Gasteiger partial charge in [0.15, 0.2) is 0 Å². The van der Waals surface area contributed by atoms with Gasteiger partial charge in [-0.2, -0.15) is 0 Å². The van der Waals surface area contributed by atoms with Gasteiger partial charge in [-0.05, 0) is 12.3 Å². The number of aromatic nitrogens is 1. The van der Waals surface area contributed by atoms with E-state index in [1.54, 1.807) is 0 Å². The fourth-order valence-corrected chi connectivity index (χ4v) is 2.42. The van der Waals surface area contributed by atoms with E-state index in [0.29, 0.717) is 12.5 Å². The highest BCUT2D eigenvalue weighted by Gasteiger charge is 2.15. The molecule has 1 aromatic heterocycles. The summed E-state index contributed by atoms with van der Waals surface area (Å²) in [6.07, 6.45) is 2.15. The molecule has 1 aromatic rings. The van der Waals surface area contributed by atoms with Crippen LogP contribution in [0, 0.1) is 16.0 Å². The number of amides is 1. The molecule has 6 nitrogen and oxygen atoms in total. The summed E-state index contributed by atoms with van der Waals surface area (Å²) >= 11 is 3.47. The fourth-order valence-electron chi connectivity index (χ4n) is 1.51. The number of hydrogen-bond acceptors (Lipinski definition) is 3. The van der Waals surface area contributed by atoms with Crippen molar-refractivity contribution in [3.8, 4) is 0 Å². The number of aromatic amines is 1. The number of halogens is 1. The predicted octanol–water partition coefficient (Wildman–Crippen LogP) is 2.46. The Kier molecular flexibility index (Phi) is 5.33. The summed E-state index contributed by atoms with van der Waals surface area (Å²) in [6.45, 7) is 4.69. The van der Waals surface area contributed by atoms with Crippen molar-refractivity contribution in [2.24, 2.45) is 5.92 Å². The zero-order valence-corrected chi connectivity index (χ0v) is 11.9. The summed E-state index contributed by atoms with van der Waals surface area (Å²) in [5, 5.41) is 13.2. The Hall–Kier alpha value is -1.37. The van der Waals surface area contributed by atoms with E-state index in [-0.39, 0.29) is 22.1 Å². The largest absolute Gasteiger partial charge is 0.351 e. The Morgan fingerprint density at radius 3 is 2.78 bits per heavy atom. The van der Waals surface area contributed by atoms with Crippen LogP contribution in [-0.4, -0.2) is 27.2 Å². The number of H-pyrrole nitrogens is 1. The molecule has 0 radical (unpaired) electrons. The molecule has 1 heterocycles. The molecule has 0 aliphatic carbocycles. The number of nitrogens with zero attached hydrogens (tertiary/aromatic N) is 1. The molecule has 0 bridgehead atoms. The molecule has 2 N–H and O–H groups in total. The molecule has 1 rings (SSSR count). The molecule has 1 unspecified atom stereocenters. The molecular formula is C11H16BrN3O3. The number of hydrogen-bond donors (Lipinski definition) is 2. The van der Waals surface area contributed by atoms with E-state index in [1.165, 1.54) is 12.3 Å². The fraction of sp³-hybridized carbons (Fsp3) is 0.545. The van der Waals surface area contributed by atoms with Crippen molar-refractivity contribution in [3.05, 3.63) is 28.1 Å². The van der Waals surface area contributed by atoms with Crippen LogP contribution in [0.1, 0.15) is 30.8 Å². The van der Waals surface area contributed by atoms with E-state index < -0.39 is 4.92 Å². The van der Waals surface area contributed by atoms with Gasteiger partial charge in [0.05, 0.1) is 11.1 Å². The average molecular weight is 318 g/mol. The maximum Gasteiger partial charge on any atom is 0.287 e. The minimum atomic E-state index is -0.542. The van der Waals surface area contributed by atoms with Crippen LogP contribution in [0.4, 0.5) is 5.69 Å². The third-order valence-electron chi connectivity index (χ3n) is 2.33. The monoisotopic (exact) mass is 317 g/mol. The molecule has 100 valence electrons. The minimum absolute atomic E-state index is 0.113. The van der Waals surface area contributed by atoms with Gasteiger partial charge >= 0.3 is 0 Å². The van der Waals surface area contributed by atoms with Gasteiger partial charge in [-0.1, -0.05) is 29.8 Å². The molecular weight excluding hydrogens is 302 g/mol. The molecule has 1 amide bonds. The van der Waals surface area contributed by atoms with E-state index in [2.05, 4.69) is 40.1 Å². The molecule has 18 heavy (non-hydrogen) atoms. The van der Waals surface area contributed by atoms with Gasteiger partial charge in [-0.15, -0.1) is 0 Å². The Balaban J connectivity index is 2.47. The van der Waals surface area contributed by atoms with Crippen molar-refractivity contribution in [3.63, 3.8) is 0 Å². The second kappa shape index (κ2) is 6.53. The van der Waals surface area contributed by atoms with Crippen LogP contribution < -0.4 is 5.32 Å². The first-order valence-corrected chi connectivity index (χ1v) is 6.56. The van der Waals surface area contributed by atoms with Gasteiger partial charge in [-0.25, -0.2) is 0 Å². The Morgan fingerprint density at radius 1 is 1.61 bits per heavy atom. The topological polar surface area (TPSA) is 88.0 Å². The maximum absolute atomic E-state index is 11.7. The standard InChI is InChI=1S/C11H16BrN3O3/c1-7(2)3-8(12)5-14-11(16)10-4-9(6-13-10)15(17)18/h4,6-8,13H,3,5H2,1-2H3,(H,14,16). The normalized spacial score (nSPS) is 12.4. The highest BCUT2D eigenvalue weighted by Crippen LogP contribution is 2.13. The van der Waals surface area contributed by atoms with Crippen LogP contribution in [-0.2, 0) is 0 Å². The van der Waals surface area contributed by atoms with Crippen molar-refractivity contribution in [2.45, 2.75) is 25.1 Å². The number of carbonyl (C=O) groups is 1. The smallest absolute Gasteiger partial charge is 0.287 e. The minimum Gasteiger partial charge on any atom is -0.351 e. The summed E-state index contributed by atoms with van der Waals surface area (Å²) < 4.78 is 0. The molecule has 0 aliphatic heterocycles. The lowest BCUT2D eigenvalue weighted by Gasteiger charge is -2.12. The first-order valence-electron chi connectivity index (χ1n) is 5.65. The summed E-state index contributed by atoms with van der Waals surface area (Å²) in [7, 11) is 0. The lowest BCUT2D eigenvalue weighted by atomic mass is 10.1. The molecule has 0 saturated carbocycles. The van der Waals surface area contributed by atoms with Gasteiger partial charge < -0.3 is 10.3 Å². The Bertz CT molecular complexity index is 431. The van der Waals surface area contributed by atoms with Crippen molar-refractivity contribution in [1.82, 2.24) is 10.3 Å². The second-order valence-corrected chi connectivity index (χ2v) is 5.76. The summed E-state index contributed by atoms with van der Waals surface area (Å²) in [4.78, 5) is 24.4. The van der Waals surface area contributed by atoms with Crippen molar-refractivity contribution < 1.29 is 9.72 Å². The third kappa shape index (κ3) is 4.48.